The van der Waals surface area contributed by atoms with E-state index in [1.807, 2.05) is 12.1 Å². The topological polar surface area (TPSA) is 93.5 Å². The first kappa shape index (κ1) is 20.4. The van der Waals surface area contributed by atoms with Crippen LogP contribution in [0.2, 0.25) is 0 Å². The van der Waals surface area contributed by atoms with Gasteiger partial charge in [0.15, 0.2) is 5.75 Å². The summed E-state index contributed by atoms with van der Waals surface area (Å²) in [5.74, 6) is 0.185. The van der Waals surface area contributed by atoms with Crippen molar-refractivity contribution in [2.75, 3.05) is 13.7 Å². The van der Waals surface area contributed by atoms with E-state index in [0.29, 0.717) is 25.2 Å². The van der Waals surface area contributed by atoms with Crippen LogP contribution >= 0.6 is 0 Å². The standard InChI is InChI=1S/C20H25N3O4/c1-3-4-11-22-20(24)17-8-5-15(6-9-17)13-21-14-16-7-10-19(27-2)18(12-16)23(25)26/h5-10,12,21H,3-4,11,13-14H2,1-2H3,(H,22,24). The van der Waals surface area contributed by atoms with Crippen molar-refractivity contribution in [1.82, 2.24) is 10.6 Å². The summed E-state index contributed by atoms with van der Waals surface area (Å²) in [6.07, 6.45) is 2.01. The molecule has 27 heavy (non-hydrogen) atoms. The Morgan fingerprint density at radius 1 is 1.11 bits per heavy atom. The molecule has 0 spiro atoms. The number of amides is 1. The maximum Gasteiger partial charge on any atom is 0.311 e. The largest absolute Gasteiger partial charge is 0.490 e. The smallest absolute Gasteiger partial charge is 0.311 e. The first-order valence-corrected chi connectivity index (χ1v) is 8.94. The molecule has 0 fully saturated rings. The Labute approximate surface area is 158 Å². The number of nitrogens with one attached hydrogen (secondary N) is 2. The first-order chi connectivity index (χ1) is 13.0. The molecule has 0 aliphatic carbocycles. The van der Waals surface area contributed by atoms with Gasteiger partial charge in [-0.1, -0.05) is 31.5 Å². The minimum atomic E-state index is -0.452. The van der Waals surface area contributed by atoms with Gasteiger partial charge in [0.2, 0.25) is 0 Å². The number of nitro groups is 1. The number of ether oxygens (including phenoxy) is 1. The highest BCUT2D eigenvalue weighted by Gasteiger charge is 2.14. The number of nitro benzene ring substituents is 1. The van der Waals surface area contributed by atoms with E-state index in [1.54, 1.807) is 24.3 Å². The summed E-state index contributed by atoms with van der Waals surface area (Å²) in [6, 6.07) is 12.3. The molecular formula is C20H25N3O4. The van der Waals surface area contributed by atoms with Crippen LogP contribution in [-0.4, -0.2) is 24.5 Å². The fourth-order valence-electron chi connectivity index (χ4n) is 2.59. The van der Waals surface area contributed by atoms with Gasteiger partial charge in [-0.25, -0.2) is 0 Å². The van der Waals surface area contributed by atoms with Gasteiger partial charge in [-0.15, -0.1) is 0 Å². The minimum Gasteiger partial charge on any atom is -0.490 e. The Balaban J connectivity index is 1.87. The zero-order valence-corrected chi connectivity index (χ0v) is 15.7. The first-order valence-electron chi connectivity index (χ1n) is 8.94. The Kier molecular flexibility index (Phi) is 7.76. The van der Waals surface area contributed by atoms with Crippen molar-refractivity contribution in [2.24, 2.45) is 0 Å². The highest BCUT2D eigenvalue weighted by molar-refractivity contribution is 5.94. The third kappa shape index (κ3) is 6.07. The van der Waals surface area contributed by atoms with Gasteiger partial charge in [-0.2, -0.15) is 0 Å². The number of carbonyl (C=O) groups is 1. The van der Waals surface area contributed by atoms with Gasteiger partial charge < -0.3 is 15.4 Å². The number of methoxy groups -OCH3 is 1. The molecule has 0 saturated carbocycles. The lowest BCUT2D eigenvalue weighted by Gasteiger charge is -2.08. The van der Waals surface area contributed by atoms with Crippen LogP contribution in [0.5, 0.6) is 5.75 Å². The monoisotopic (exact) mass is 371 g/mol. The summed E-state index contributed by atoms with van der Waals surface area (Å²) in [7, 11) is 1.41. The number of hydrogen-bond acceptors (Lipinski definition) is 5. The fourth-order valence-corrected chi connectivity index (χ4v) is 2.59. The molecule has 0 aliphatic heterocycles. The van der Waals surface area contributed by atoms with E-state index in [-0.39, 0.29) is 17.3 Å². The van der Waals surface area contributed by atoms with E-state index in [4.69, 9.17) is 4.74 Å². The fraction of sp³-hybridized carbons (Fsp3) is 0.350. The van der Waals surface area contributed by atoms with Crippen molar-refractivity contribution in [3.05, 3.63) is 69.3 Å². The summed E-state index contributed by atoms with van der Waals surface area (Å²) in [4.78, 5) is 22.6. The number of benzene rings is 2. The van der Waals surface area contributed by atoms with E-state index in [0.717, 1.165) is 24.0 Å². The van der Waals surface area contributed by atoms with Crippen LogP contribution < -0.4 is 15.4 Å². The lowest BCUT2D eigenvalue weighted by molar-refractivity contribution is -0.385. The van der Waals surface area contributed by atoms with Gasteiger partial charge in [0.1, 0.15) is 0 Å². The Morgan fingerprint density at radius 3 is 2.41 bits per heavy atom. The van der Waals surface area contributed by atoms with Crippen LogP contribution in [0, 0.1) is 10.1 Å². The number of hydrogen-bond donors (Lipinski definition) is 2. The van der Waals surface area contributed by atoms with Crippen LogP contribution in [0.15, 0.2) is 42.5 Å². The minimum absolute atomic E-state index is 0.0461. The van der Waals surface area contributed by atoms with Gasteiger partial charge in [-0.05, 0) is 35.7 Å². The third-order valence-corrected chi connectivity index (χ3v) is 4.13. The van der Waals surface area contributed by atoms with E-state index in [2.05, 4.69) is 17.6 Å². The molecule has 0 heterocycles. The van der Waals surface area contributed by atoms with Gasteiger partial charge in [0.05, 0.1) is 12.0 Å². The molecule has 0 aliphatic rings. The number of carbonyl (C=O) groups excluding carboxylic acids is 1. The molecule has 7 heteroatoms. The molecule has 1 amide bonds. The quantitative estimate of drug-likeness (QED) is 0.379. The summed E-state index contributed by atoms with van der Waals surface area (Å²) in [5.41, 5.74) is 2.42. The number of nitrogens with zero attached hydrogens (tertiary/aromatic N) is 1. The lowest BCUT2D eigenvalue weighted by atomic mass is 10.1. The Hall–Kier alpha value is -2.93. The summed E-state index contributed by atoms with van der Waals surface area (Å²) < 4.78 is 5.00. The van der Waals surface area contributed by atoms with E-state index in [9.17, 15) is 14.9 Å². The maximum atomic E-state index is 12.0. The lowest BCUT2D eigenvalue weighted by Crippen LogP contribution is -2.24. The summed E-state index contributed by atoms with van der Waals surface area (Å²) in [6.45, 7) is 3.85. The van der Waals surface area contributed by atoms with Crippen molar-refractivity contribution in [3.8, 4) is 5.75 Å². The van der Waals surface area contributed by atoms with Gasteiger partial charge in [0, 0.05) is 31.3 Å². The second-order valence-electron chi connectivity index (χ2n) is 6.17. The van der Waals surface area contributed by atoms with Crippen LogP contribution in [0.4, 0.5) is 5.69 Å². The van der Waals surface area contributed by atoms with Crippen LogP contribution in [0.3, 0.4) is 0 Å². The molecule has 0 bridgehead atoms. The average molecular weight is 371 g/mol. The van der Waals surface area contributed by atoms with Crippen molar-refractivity contribution in [3.63, 3.8) is 0 Å². The van der Waals surface area contributed by atoms with Crippen molar-refractivity contribution < 1.29 is 14.5 Å². The third-order valence-electron chi connectivity index (χ3n) is 4.13. The SMILES string of the molecule is CCCCNC(=O)c1ccc(CNCc2ccc(OC)c([N+](=O)[O-])c2)cc1. The number of unbranched alkanes of at least 4 members (excludes halogenated alkanes) is 1. The summed E-state index contributed by atoms with van der Waals surface area (Å²) in [5, 5.41) is 17.2. The van der Waals surface area contributed by atoms with Crippen molar-refractivity contribution in [1.29, 1.82) is 0 Å². The molecule has 0 saturated heterocycles. The maximum absolute atomic E-state index is 12.0. The predicted molar refractivity (Wildman–Crippen MR) is 104 cm³/mol. The van der Waals surface area contributed by atoms with Crippen LogP contribution in [-0.2, 0) is 13.1 Å². The van der Waals surface area contributed by atoms with E-state index < -0.39 is 4.92 Å². The molecule has 0 atom stereocenters. The van der Waals surface area contributed by atoms with E-state index in [1.165, 1.54) is 13.2 Å². The van der Waals surface area contributed by atoms with Gasteiger partial charge in [-0.3, -0.25) is 14.9 Å². The Bertz CT molecular complexity index is 775. The zero-order valence-electron chi connectivity index (χ0n) is 15.7. The molecule has 7 nitrogen and oxygen atoms in total. The molecule has 0 unspecified atom stereocenters. The average Bonchev–Trinajstić information content (AvgIpc) is 2.68. The molecule has 0 aromatic heterocycles. The molecular weight excluding hydrogens is 346 g/mol. The van der Waals surface area contributed by atoms with Gasteiger partial charge in [0.25, 0.3) is 5.91 Å². The molecule has 2 N–H and O–H groups in total. The van der Waals surface area contributed by atoms with Crippen LogP contribution in [0.25, 0.3) is 0 Å². The van der Waals surface area contributed by atoms with Crippen LogP contribution in [0.1, 0.15) is 41.3 Å². The molecule has 2 aromatic carbocycles. The predicted octanol–water partition coefficient (Wildman–Crippen LogP) is 3.42. The summed E-state index contributed by atoms with van der Waals surface area (Å²) >= 11 is 0. The van der Waals surface area contributed by atoms with E-state index >= 15 is 0 Å². The highest BCUT2D eigenvalue weighted by atomic mass is 16.6. The molecule has 2 rings (SSSR count). The number of rotatable bonds is 10. The second-order valence-corrected chi connectivity index (χ2v) is 6.17. The van der Waals surface area contributed by atoms with Crippen molar-refractivity contribution in [2.45, 2.75) is 32.9 Å². The van der Waals surface area contributed by atoms with Crippen molar-refractivity contribution >= 4 is 11.6 Å². The van der Waals surface area contributed by atoms with Gasteiger partial charge >= 0.3 is 5.69 Å². The molecule has 2 aromatic rings. The normalized spacial score (nSPS) is 10.4. The Morgan fingerprint density at radius 2 is 1.78 bits per heavy atom. The molecule has 0 radical (unpaired) electrons. The molecule has 144 valence electrons. The second kappa shape index (κ2) is 10.3. The highest BCUT2D eigenvalue weighted by Crippen LogP contribution is 2.27. The zero-order chi connectivity index (χ0) is 19.6.